The van der Waals surface area contributed by atoms with E-state index in [4.69, 9.17) is 9.15 Å². The van der Waals surface area contributed by atoms with Crippen molar-refractivity contribution in [3.63, 3.8) is 0 Å². The number of carbonyl (C=O) groups excluding carboxylic acids is 1. The number of hydrogen-bond acceptors (Lipinski definition) is 4. The summed E-state index contributed by atoms with van der Waals surface area (Å²) in [6, 6.07) is 15.0. The summed E-state index contributed by atoms with van der Waals surface area (Å²) >= 11 is 0. The van der Waals surface area contributed by atoms with Crippen LogP contribution in [0.15, 0.2) is 59.1 Å². The van der Waals surface area contributed by atoms with E-state index in [2.05, 4.69) is 10.3 Å². The number of nitrogens with zero attached hydrogens (tertiary/aromatic N) is 1. The standard InChI is InChI=1S/C19H18N2O3/c1-3-13-6-4-5-7-16(13)21-18(22)19-20-12-17(24-19)14-8-10-15(23-2)11-9-14/h4-12H,3H2,1-2H3,(H,21,22). The molecule has 0 aliphatic heterocycles. The molecule has 0 aliphatic carbocycles. The SMILES string of the molecule is CCc1ccccc1NC(=O)c1ncc(-c2ccc(OC)cc2)o1. The summed E-state index contributed by atoms with van der Waals surface area (Å²) in [6.07, 6.45) is 2.38. The molecule has 0 saturated carbocycles. The fourth-order valence-electron chi connectivity index (χ4n) is 2.39. The highest BCUT2D eigenvalue weighted by Gasteiger charge is 2.15. The van der Waals surface area contributed by atoms with Gasteiger partial charge in [-0.25, -0.2) is 4.98 Å². The van der Waals surface area contributed by atoms with Gasteiger partial charge in [-0.15, -0.1) is 0 Å². The number of para-hydroxylation sites is 1. The lowest BCUT2D eigenvalue weighted by Crippen LogP contribution is -2.13. The van der Waals surface area contributed by atoms with E-state index in [0.717, 1.165) is 29.0 Å². The zero-order chi connectivity index (χ0) is 16.9. The van der Waals surface area contributed by atoms with Gasteiger partial charge in [0.25, 0.3) is 5.89 Å². The molecule has 1 amide bonds. The van der Waals surface area contributed by atoms with Gasteiger partial charge in [0.05, 0.1) is 13.3 Å². The molecule has 3 aromatic rings. The molecule has 0 aliphatic rings. The third-order valence-corrected chi connectivity index (χ3v) is 3.72. The summed E-state index contributed by atoms with van der Waals surface area (Å²) in [5, 5.41) is 2.85. The summed E-state index contributed by atoms with van der Waals surface area (Å²) in [5.74, 6) is 0.960. The van der Waals surface area contributed by atoms with E-state index in [9.17, 15) is 4.79 Å². The first-order valence-corrected chi connectivity index (χ1v) is 7.70. The monoisotopic (exact) mass is 322 g/mol. The predicted octanol–water partition coefficient (Wildman–Crippen LogP) is 4.16. The molecule has 0 fully saturated rings. The van der Waals surface area contributed by atoms with Gasteiger partial charge in [0.15, 0.2) is 5.76 Å². The van der Waals surface area contributed by atoms with Crippen molar-refractivity contribution >= 4 is 11.6 Å². The van der Waals surface area contributed by atoms with Crippen molar-refractivity contribution in [1.29, 1.82) is 0 Å². The first-order chi connectivity index (χ1) is 11.7. The zero-order valence-electron chi connectivity index (χ0n) is 13.6. The van der Waals surface area contributed by atoms with Gasteiger partial charge in [-0.3, -0.25) is 4.79 Å². The maximum Gasteiger partial charge on any atom is 0.311 e. The van der Waals surface area contributed by atoms with Crippen LogP contribution in [0.1, 0.15) is 23.2 Å². The molecule has 1 N–H and O–H groups in total. The highest BCUT2D eigenvalue weighted by Crippen LogP contribution is 2.24. The number of amides is 1. The number of benzene rings is 2. The molecule has 5 nitrogen and oxygen atoms in total. The molecule has 1 heterocycles. The fraction of sp³-hybridized carbons (Fsp3) is 0.158. The number of oxazole rings is 1. The Bertz CT molecular complexity index is 838. The van der Waals surface area contributed by atoms with Crippen LogP contribution in [0, 0.1) is 0 Å². The minimum atomic E-state index is -0.365. The maximum atomic E-state index is 12.3. The molecule has 24 heavy (non-hydrogen) atoms. The number of ether oxygens (including phenoxy) is 1. The Labute approximate surface area is 140 Å². The lowest BCUT2D eigenvalue weighted by atomic mass is 10.1. The van der Waals surface area contributed by atoms with Gasteiger partial charge in [-0.1, -0.05) is 25.1 Å². The van der Waals surface area contributed by atoms with E-state index in [1.165, 1.54) is 0 Å². The molecule has 5 heteroatoms. The third-order valence-electron chi connectivity index (χ3n) is 3.72. The van der Waals surface area contributed by atoms with E-state index in [1.54, 1.807) is 13.3 Å². The Morgan fingerprint density at radius 1 is 1.17 bits per heavy atom. The molecular weight excluding hydrogens is 304 g/mol. The quantitative estimate of drug-likeness (QED) is 0.766. The van der Waals surface area contributed by atoms with Crippen molar-refractivity contribution in [2.75, 3.05) is 12.4 Å². The molecule has 0 unspecified atom stereocenters. The molecule has 0 spiro atoms. The summed E-state index contributed by atoms with van der Waals surface area (Å²) < 4.78 is 10.7. The Balaban J connectivity index is 1.78. The highest BCUT2D eigenvalue weighted by atomic mass is 16.5. The summed E-state index contributed by atoms with van der Waals surface area (Å²) in [6.45, 7) is 2.04. The van der Waals surface area contributed by atoms with Crippen molar-refractivity contribution in [2.45, 2.75) is 13.3 Å². The first kappa shape index (κ1) is 15.8. The van der Waals surface area contributed by atoms with Crippen LogP contribution in [0.3, 0.4) is 0 Å². The van der Waals surface area contributed by atoms with Gasteiger partial charge in [-0.05, 0) is 42.3 Å². The Kier molecular flexibility index (Phi) is 4.61. The number of methoxy groups -OCH3 is 1. The van der Waals surface area contributed by atoms with Crippen LogP contribution in [0.4, 0.5) is 5.69 Å². The third kappa shape index (κ3) is 3.30. The number of nitrogens with one attached hydrogen (secondary N) is 1. The van der Waals surface area contributed by atoms with Crippen LogP contribution < -0.4 is 10.1 Å². The Morgan fingerprint density at radius 3 is 2.62 bits per heavy atom. The Morgan fingerprint density at radius 2 is 1.92 bits per heavy atom. The number of aromatic nitrogens is 1. The van der Waals surface area contributed by atoms with Crippen molar-refractivity contribution in [3.8, 4) is 17.1 Å². The van der Waals surface area contributed by atoms with Gasteiger partial charge < -0.3 is 14.5 Å². The van der Waals surface area contributed by atoms with Gasteiger partial charge >= 0.3 is 5.91 Å². The minimum Gasteiger partial charge on any atom is -0.497 e. The summed E-state index contributed by atoms with van der Waals surface area (Å²) in [4.78, 5) is 16.4. The summed E-state index contributed by atoms with van der Waals surface area (Å²) in [5.41, 5.74) is 2.67. The first-order valence-electron chi connectivity index (χ1n) is 7.70. The van der Waals surface area contributed by atoms with Gasteiger partial charge in [0.1, 0.15) is 5.75 Å². The second-order valence-corrected chi connectivity index (χ2v) is 5.22. The molecule has 0 radical (unpaired) electrons. The molecule has 0 saturated heterocycles. The average molecular weight is 322 g/mol. The second-order valence-electron chi connectivity index (χ2n) is 5.22. The van der Waals surface area contributed by atoms with Crippen molar-refractivity contribution in [3.05, 3.63) is 66.2 Å². The number of carbonyl (C=O) groups is 1. The number of rotatable bonds is 5. The molecule has 2 aromatic carbocycles. The van der Waals surface area contributed by atoms with Crippen molar-refractivity contribution < 1.29 is 13.9 Å². The molecular formula is C19H18N2O3. The van der Waals surface area contributed by atoms with Crippen LogP contribution >= 0.6 is 0 Å². The van der Waals surface area contributed by atoms with E-state index in [1.807, 2.05) is 55.5 Å². The second kappa shape index (κ2) is 7.00. The molecule has 0 bridgehead atoms. The van der Waals surface area contributed by atoms with E-state index >= 15 is 0 Å². The molecule has 1 aromatic heterocycles. The predicted molar refractivity (Wildman–Crippen MR) is 92.3 cm³/mol. The van der Waals surface area contributed by atoms with E-state index in [-0.39, 0.29) is 11.8 Å². The number of anilines is 1. The normalized spacial score (nSPS) is 10.4. The lowest BCUT2D eigenvalue weighted by Gasteiger charge is -2.07. The number of hydrogen-bond donors (Lipinski definition) is 1. The lowest BCUT2D eigenvalue weighted by molar-refractivity contribution is 0.0991. The van der Waals surface area contributed by atoms with Gasteiger partial charge in [0.2, 0.25) is 0 Å². The van der Waals surface area contributed by atoms with Gasteiger partial charge in [0, 0.05) is 11.3 Å². The Hall–Kier alpha value is -3.08. The topological polar surface area (TPSA) is 64.4 Å². The van der Waals surface area contributed by atoms with Crippen LogP contribution in [-0.4, -0.2) is 18.0 Å². The molecule has 3 rings (SSSR count). The summed E-state index contributed by atoms with van der Waals surface area (Å²) in [7, 11) is 1.61. The van der Waals surface area contributed by atoms with Crippen molar-refractivity contribution in [2.24, 2.45) is 0 Å². The molecule has 0 atom stereocenters. The zero-order valence-corrected chi connectivity index (χ0v) is 13.6. The smallest absolute Gasteiger partial charge is 0.311 e. The minimum absolute atomic E-state index is 0.0340. The maximum absolute atomic E-state index is 12.3. The van der Waals surface area contributed by atoms with Crippen LogP contribution in [0.5, 0.6) is 5.75 Å². The fourth-order valence-corrected chi connectivity index (χ4v) is 2.39. The average Bonchev–Trinajstić information content (AvgIpc) is 3.12. The van der Waals surface area contributed by atoms with Crippen LogP contribution in [0.25, 0.3) is 11.3 Å². The van der Waals surface area contributed by atoms with Crippen LogP contribution in [0.2, 0.25) is 0 Å². The van der Waals surface area contributed by atoms with Crippen molar-refractivity contribution in [1.82, 2.24) is 4.98 Å². The van der Waals surface area contributed by atoms with Crippen LogP contribution in [-0.2, 0) is 6.42 Å². The highest BCUT2D eigenvalue weighted by molar-refractivity contribution is 6.01. The van der Waals surface area contributed by atoms with E-state index < -0.39 is 0 Å². The van der Waals surface area contributed by atoms with E-state index in [0.29, 0.717) is 5.76 Å². The number of aryl methyl sites for hydroxylation is 1. The molecule has 122 valence electrons. The largest absolute Gasteiger partial charge is 0.497 e. The van der Waals surface area contributed by atoms with Gasteiger partial charge in [-0.2, -0.15) is 0 Å².